The molecule has 0 aliphatic carbocycles. The van der Waals surface area contributed by atoms with Crippen LogP contribution in [0.25, 0.3) is 0 Å². The average molecular weight is 393 g/mol. The Labute approximate surface area is 167 Å². The molecule has 0 spiro atoms. The Hall–Kier alpha value is -3.94. The quantitative estimate of drug-likeness (QED) is 0.658. The molecule has 8 heteroatoms. The van der Waals surface area contributed by atoms with Crippen molar-refractivity contribution in [1.29, 1.82) is 0 Å². The van der Waals surface area contributed by atoms with Gasteiger partial charge in [-0.2, -0.15) is 0 Å². The van der Waals surface area contributed by atoms with Crippen molar-refractivity contribution >= 4 is 23.1 Å². The maximum atomic E-state index is 12.7. The SMILES string of the molecule is COc1cccc(OC)c1C(=O)Nc1ccc(Nc2ccc3c(c2)OCO3)nc1. The van der Waals surface area contributed by atoms with Crippen LogP contribution in [0, 0.1) is 0 Å². The number of anilines is 3. The number of carbonyl (C=O) groups excluding carboxylic acids is 1. The Bertz CT molecular complexity index is 1010. The number of amides is 1. The minimum Gasteiger partial charge on any atom is -0.496 e. The van der Waals surface area contributed by atoms with Gasteiger partial charge < -0.3 is 29.6 Å². The third-order valence-electron chi connectivity index (χ3n) is 4.32. The molecule has 2 aromatic carbocycles. The fourth-order valence-corrected chi connectivity index (χ4v) is 2.93. The number of methoxy groups -OCH3 is 2. The fourth-order valence-electron chi connectivity index (χ4n) is 2.93. The number of aromatic nitrogens is 1. The molecule has 29 heavy (non-hydrogen) atoms. The number of hydrogen-bond acceptors (Lipinski definition) is 7. The second-order valence-corrected chi connectivity index (χ2v) is 6.12. The van der Waals surface area contributed by atoms with E-state index in [1.807, 2.05) is 18.2 Å². The smallest absolute Gasteiger partial charge is 0.263 e. The molecular formula is C21H19N3O5. The van der Waals surface area contributed by atoms with Crippen LogP contribution in [-0.2, 0) is 0 Å². The Balaban J connectivity index is 1.47. The first-order chi connectivity index (χ1) is 14.2. The predicted octanol–water partition coefficient (Wildman–Crippen LogP) is 3.82. The Kier molecular flexibility index (Phi) is 5.07. The van der Waals surface area contributed by atoms with Crippen molar-refractivity contribution in [3.05, 3.63) is 60.3 Å². The highest BCUT2D eigenvalue weighted by Gasteiger charge is 2.18. The molecule has 0 atom stereocenters. The van der Waals surface area contributed by atoms with Crippen LogP contribution in [-0.4, -0.2) is 31.9 Å². The monoisotopic (exact) mass is 393 g/mol. The average Bonchev–Trinajstić information content (AvgIpc) is 3.22. The van der Waals surface area contributed by atoms with Gasteiger partial charge >= 0.3 is 0 Å². The van der Waals surface area contributed by atoms with Crippen molar-refractivity contribution in [2.24, 2.45) is 0 Å². The molecule has 0 unspecified atom stereocenters. The van der Waals surface area contributed by atoms with E-state index in [4.69, 9.17) is 18.9 Å². The topological polar surface area (TPSA) is 90.9 Å². The lowest BCUT2D eigenvalue weighted by atomic mass is 10.1. The lowest BCUT2D eigenvalue weighted by molar-refractivity contribution is 0.102. The summed E-state index contributed by atoms with van der Waals surface area (Å²) >= 11 is 0. The zero-order valence-electron chi connectivity index (χ0n) is 15.9. The standard InChI is InChI=1S/C21H19N3O5/c1-26-16-4-3-5-17(27-2)20(16)21(25)24-14-7-9-19(22-11-14)23-13-6-8-15-18(10-13)29-12-28-15/h3-11H,12H2,1-2H3,(H,22,23)(H,24,25). The van der Waals surface area contributed by atoms with Gasteiger partial charge in [0, 0.05) is 11.8 Å². The number of rotatable bonds is 6. The van der Waals surface area contributed by atoms with Crippen LogP contribution in [0.5, 0.6) is 23.0 Å². The number of nitrogens with one attached hydrogen (secondary N) is 2. The van der Waals surface area contributed by atoms with Crippen LogP contribution in [0.2, 0.25) is 0 Å². The number of carbonyl (C=O) groups is 1. The first-order valence-electron chi connectivity index (χ1n) is 8.83. The Morgan fingerprint density at radius 1 is 0.966 bits per heavy atom. The molecule has 1 amide bonds. The summed E-state index contributed by atoms with van der Waals surface area (Å²) in [5.74, 6) is 2.53. The lowest BCUT2D eigenvalue weighted by Gasteiger charge is -2.13. The molecule has 0 saturated carbocycles. The zero-order chi connectivity index (χ0) is 20.2. The minimum absolute atomic E-state index is 0.225. The summed E-state index contributed by atoms with van der Waals surface area (Å²) in [6.07, 6.45) is 1.56. The second-order valence-electron chi connectivity index (χ2n) is 6.12. The van der Waals surface area contributed by atoms with Crippen LogP contribution >= 0.6 is 0 Å². The molecule has 0 fully saturated rings. The van der Waals surface area contributed by atoms with E-state index >= 15 is 0 Å². The molecule has 2 N–H and O–H groups in total. The number of pyridine rings is 1. The first-order valence-corrected chi connectivity index (χ1v) is 8.83. The summed E-state index contributed by atoms with van der Waals surface area (Å²) in [7, 11) is 3.01. The van der Waals surface area contributed by atoms with E-state index in [-0.39, 0.29) is 12.7 Å². The molecule has 148 valence electrons. The molecule has 2 heterocycles. The van der Waals surface area contributed by atoms with E-state index in [0.717, 1.165) is 5.69 Å². The van der Waals surface area contributed by atoms with Gasteiger partial charge in [-0.15, -0.1) is 0 Å². The third-order valence-corrected chi connectivity index (χ3v) is 4.32. The van der Waals surface area contributed by atoms with Crippen LogP contribution in [0.4, 0.5) is 17.2 Å². The molecule has 4 rings (SSSR count). The molecule has 1 aliphatic rings. The summed E-state index contributed by atoms with van der Waals surface area (Å²) in [6, 6.07) is 14.2. The van der Waals surface area contributed by atoms with Crippen LogP contribution in [0.1, 0.15) is 10.4 Å². The van der Waals surface area contributed by atoms with Crippen molar-refractivity contribution < 1.29 is 23.7 Å². The normalized spacial score (nSPS) is 11.7. The zero-order valence-corrected chi connectivity index (χ0v) is 15.9. The molecule has 8 nitrogen and oxygen atoms in total. The van der Waals surface area contributed by atoms with Crippen LogP contribution < -0.4 is 29.6 Å². The van der Waals surface area contributed by atoms with Gasteiger partial charge in [-0.3, -0.25) is 4.79 Å². The van der Waals surface area contributed by atoms with E-state index < -0.39 is 0 Å². The maximum absolute atomic E-state index is 12.7. The van der Waals surface area contributed by atoms with E-state index in [0.29, 0.717) is 40.1 Å². The lowest BCUT2D eigenvalue weighted by Crippen LogP contribution is -2.14. The van der Waals surface area contributed by atoms with Gasteiger partial charge in [-0.1, -0.05) is 6.07 Å². The van der Waals surface area contributed by atoms with Gasteiger partial charge in [0.1, 0.15) is 22.9 Å². The summed E-state index contributed by atoms with van der Waals surface area (Å²) in [5.41, 5.74) is 1.68. The van der Waals surface area contributed by atoms with Gasteiger partial charge in [0.05, 0.1) is 26.1 Å². The third kappa shape index (κ3) is 3.86. The highest BCUT2D eigenvalue weighted by Crippen LogP contribution is 2.35. The van der Waals surface area contributed by atoms with E-state index in [2.05, 4.69) is 15.6 Å². The molecule has 1 aromatic heterocycles. The van der Waals surface area contributed by atoms with Gasteiger partial charge in [0.2, 0.25) is 6.79 Å². The number of fused-ring (bicyclic) bond motifs is 1. The molecule has 0 saturated heterocycles. The summed E-state index contributed by atoms with van der Waals surface area (Å²) in [4.78, 5) is 17.1. The Morgan fingerprint density at radius 2 is 1.69 bits per heavy atom. The summed E-state index contributed by atoms with van der Waals surface area (Å²) in [5, 5.41) is 5.99. The second kappa shape index (κ2) is 7.97. The number of ether oxygens (including phenoxy) is 4. The van der Waals surface area contributed by atoms with E-state index in [1.165, 1.54) is 14.2 Å². The number of hydrogen-bond donors (Lipinski definition) is 2. The molecule has 0 radical (unpaired) electrons. The summed E-state index contributed by atoms with van der Waals surface area (Å²) in [6.45, 7) is 0.225. The molecule has 1 aliphatic heterocycles. The molecule has 3 aromatic rings. The largest absolute Gasteiger partial charge is 0.496 e. The summed E-state index contributed by atoms with van der Waals surface area (Å²) < 4.78 is 21.2. The van der Waals surface area contributed by atoms with Crippen molar-refractivity contribution in [2.45, 2.75) is 0 Å². The molecular weight excluding hydrogens is 374 g/mol. The van der Waals surface area contributed by atoms with E-state index in [9.17, 15) is 4.79 Å². The van der Waals surface area contributed by atoms with Crippen molar-refractivity contribution in [2.75, 3.05) is 31.6 Å². The highest BCUT2D eigenvalue weighted by atomic mass is 16.7. The van der Waals surface area contributed by atoms with Crippen molar-refractivity contribution in [3.63, 3.8) is 0 Å². The van der Waals surface area contributed by atoms with Crippen molar-refractivity contribution in [1.82, 2.24) is 4.98 Å². The number of nitrogens with zero attached hydrogens (tertiary/aromatic N) is 1. The minimum atomic E-state index is -0.349. The van der Waals surface area contributed by atoms with Crippen LogP contribution in [0.15, 0.2) is 54.7 Å². The van der Waals surface area contributed by atoms with Gasteiger partial charge in [-0.05, 0) is 36.4 Å². The van der Waals surface area contributed by atoms with Crippen molar-refractivity contribution in [3.8, 4) is 23.0 Å². The fraction of sp³-hybridized carbons (Fsp3) is 0.143. The first kappa shape index (κ1) is 18.4. The number of benzene rings is 2. The van der Waals surface area contributed by atoms with E-state index in [1.54, 1.807) is 36.5 Å². The predicted molar refractivity (Wildman–Crippen MR) is 108 cm³/mol. The molecule has 0 bridgehead atoms. The van der Waals surface area contributed by atoms with Gasteiger partial charge in [0.15, 0.2) is 11.5 Å². The maximum Gasteiger partial charge on any atom is 0.263 e. The highest BCUT2D eigenvalue weighted by molar-refractivity contribution is 6.08. The van der Waals surface area contributed by atoms with Gasteiger partial charge in [0.25, 0.3) is 5.91 Å². The van der Waals surface area contributed by atoms with Crippen LogP contribution in [0.3, 0.4) is 0 Å². The Morgan fingerprint density at radius 3 is 2.38 bits per heavy atom. The van der Waals surface area contributed by atoms with Gasteiger partial charge in [-0.25, -0.2) is 4.98 Å².